The highest BCUT2D eigenvalue weighted by molar-refractivity contribution is 7.89. The van der Waals surface area contributed by atoms with Gasteiger partial charge >= 0.3 is 0 Å². The Kier molecular flexibility index (Phi) is 2.87. The van der Waals surface area contributed by atoms with E-state index in [1.165, 1.54) is 19.1 Å². The molecule has 3 N–H and O–H groups in total. The monoisotopic (exact) mass is 214 g/mol. The third-order valence-corrected chi connectivity index (χ3v) is 2.70. The molecule has 0 aromatic heterocycles. The fraction of sp³-hybridized carbons (Fsp3) is 0.125. The van der Waals surface area contributed by atoms with Gasteiger partial charge in [-0.15, -0.1) is 0 Å². The molecule has 1 rings (SSSR count). The van der Waals surface area contributed by atoms with E-state index in [4.69, 9.17) is 10.3 Å². The Balaban J connectivity index is 3.46. The summed E-state index contributed by atoms with van der Waals surface area (Å²) in [7, 11) is -3.78. The molecule has 0 saturated carbocycles. The van der Waals surface area contributed by atoms with Gasteiger partial charge in [0.15, 0.2) is 0 Å². The zero-order chi connectivity index (χ0) is 10.8. The molecule has 0 amide bonds. The van der Waals surface area contributed by atoms with Crippen LogP contribution in [0.5, 0.6) is 0 Å². The summed E-state index contributed by atoms with van der Waals surface area (Å²) in [5.41, 5.74) is 0.507. The number of hydrogen-bond acceptors (Lipinski definition) is 4. The fourth-order valence-corrected chi connectivity index (χ4v) is 1.86. The Bertz CT molecular complexity index is 465. The quantitative estimate of drug-likeness (QED) is 0.427. The normalized spacial score (nSPS) is 12.9. The Morgan fingerprint density at radius 2 is 2.00 bits per heavy atom. The molecule has 0 spiro atoms. The summed E-state index contributed by atoms with van der Waals surface area (Å²) in [6.07, 6.45) is 0. The van der Waals surface area contributed by atoms with Gasteiger partial charge in [0, 0.05) is 5.56 Å². The molecule has 14 heavy (non-hydrogen) atoms. The van der Waals surface area contributed by atoms with Gasteiger partial charge in [0.1, 0.15) is 0 Å². The van der Waals surface area contributed by atoms with E-state index in [1.807, 2.05) is 0 Å². The topological polar surface area (TPSA) is 92.8 Å². The molecule has 1 aromatic carbocycles. The van der Waals surface area contributed by atoms with Crippen molar-refractivity contribution in [3.63, 3.8) is 0 Å². The Morgan fingerprint density at radius 3 is 2.50 bits per heavy atom. The number of nitrogens with zero attached hydrogens (tertiary/aromatic N) is 1. The van der Waals surface area contributed by atoms with Crippen molar-refractivity contribution in [2.45, 2.75) is 11.8 Å². The van der Waals surface area contributed by atoms with Crippen LogP contribution in [0, 0.1) is 0 Å². The lowest BCUT2D eigenvalue weighted by Crippen LogP contribution is -2.16. The first-order valence-electron chi connectivity index (χ1n) is 3.77. The van der Waals surface area contributed by atoms with Crippen LogP contribution in [0.1, 0.15) is 12.5 Å². The van der Waals surface area contributed by atoms with Crippen LogP contribution >= 0.6 is 0 Å². The molecule has 0 unspecified atom stereocenters. The lowest BCUT2D eigenvalue weighted by molar-refractivity contribution is 0.319. The summed E-state index contributed by atoms with van der Waals surface area (Å²) in [6.45, 7) is 1.49. The first-order chi connectivity index (χ1) is 6.46. The van der Waals surface area contributed by atoms with Crippen molar-refractivity contribution >= 4 is 15.7 Å². The average molecular weight is 214 g/mol. The number of benzene rings is 1. The molecule has 1 aromatic rings. The molecule has 0 radical (unpaired) electrons. The Morgan fingerprint density at radius 1 is 1.43 bits per heavy atom. The maximum Gasteiger partial charge on any atom is 0.238 e. The lowest BCUT2D eigenvalue weighted by atomic mass is 10.1. The van der Waals surface area contributed by atoms with Crippen molar-refractivity contribution in [1.29, 1.82) is 0 Å². The Labute approximate surface area is 81.9 Å². The van der Waals surface area contributed by atoms with Gasteiger partial charge < -0.3 is 5.21 Å². The standard InChI is InChI=1S/C8H10N2O3S/c1-6(10-11)7-4-2-3-5-8(7)14(9,12)13/h2-5,11H,1H3,(H2,9,12,13)/b10-6+. The molecule has 0 aliphatic heterocycles. The predicted molar refractivity (Wildman–Crippen MR) is 51.8 cm³/mol. The van der Waals surface area contributed by atoms with E-state index < -0.39 is 10.0 Å². The van der Waals surface area contributed by atoms with E-state index in [-0.39, 0.29) is 10.6 Å². The van der Waals surface area contributed by atoms with Crippen LogP contribution in [0.4, 0.5) is 0 Å². The van der Waals surface area contributed by atoms with Gasteiger partial charge in [0.2, 0.25) is 10.0 Å². The van der Waals surface area contributed by atoms with Crippen LogP contribution in [0.2, 0.25) is 0 Å². The van der Waals surface area contributed by atoms with E-state index in [0.29, 0.717) is 5.56 Å². The summed E-state index contributed by atoms with van der Waals surface area (Å²) >= 11 is 0. The zero-order valence-electron chi connectivity index (χ0n) is 7.51. The van der Waals surface area contributed by atoms with Crippen LogP contribution in [0.15, 0.2) is 34.3 Å². The van der Waals surface area contributed by atoms with Crippen LogP contribution in [-0.4, -0.2) is 19.3 Å². The van der Waals surface area contributed by atoms with Crippen LogP contribution in [0.25, 0.3) is 0 Å². The molecule has 0 saturated heterocycles. The maximum absolute atomic E-state index is 11.1. The minimum absolute atomic E-state index is 0.0460. The van der Waals surface area contributed by atoms with Crippen LogP contribution < -0.4 is 5.14 Å². The molecule has 76 valence electrons. The summed E-state index contributed by atoms with van der Waals surface area (Å²) in [6, 6.07) is 6.07. The van der Waals surface area contributed by atoms with Gasteiger partial charge in [-0.2, -0.15) is 0 Å². The van der Waals surface area contributed by atoms with E-state index in [9.17, 15) is 8.42 Å². The van der Waals surface area contributed by atoms with E-state index in [1.54, 1.807) is 12.1 Å². The van der Waals surface area contributed by atoms with E-state index in [2.05, 4.69) is 5.16 Å². The van der Waals surface area contributed by atoms with Crippen molar-refractivity contribution in [3.8, 4) is 0 Å². The SMILES string of the molecule is C/C(=N\O)c1ccccc1S(N)(=O)=O. The zero-order valence-corrected chi connectivity index (χ0v) is 8.32. The van der Waals surface area contributed by atoms with Crippen molar-refractivity contribution in [1.82, 2.24) is 0 Å². The van der Waals surface area contributed by atoms with Crippen molar-refractivity contribution in [2.24, 2.45) is 10.3 Å². The molecular formula is C8H10N2O3S. The third-order valence-electron chi connectivity index (χ3n) is 1.73. The summed E-state index contributed by atoms with van der Waals surface area (Å²) in [5.74, 6) is 0. The summed E-state index contributed by atoms with van der Waals surface area (Å²) < 4.78 is 22.2. The van der Waals surface area contributed by atoms with Crippen LogP contribution in [-0.2, 0) is 10.0 Å². The second kappa shape index (κ2) is 3.77. The largest absolute Gasteiger partial charge is 0.411 e. The number of hydrogen-bond donors (Lipinski definition) is 2. The predicted octanol–water partition coefficient (Wildman–Crippen LogP) is 0.532. The van der Waals surface area contributed by atoms with Gasteiger partial charge in [0.05, 0.1) is 10.6 Å². The number of primary sulfonamides is 1. The number of rotatable bonds is 2. The van der Waals surface area contributed by atoms with Gasteiger partial charge in [-0.05, 0) is 13.0 Å². The first-order valence-corrected chi connectivity index (χ1v) is 5.32. The smallest absolute Gasteiger partial charge is 0.238 e. The highest BCUT2D eigenvalue weighted by atomic mass is 32.2. The second-order valence-corrected chi connectivity index (χ2v) is 4.26. The van der Waals surface area contributed by atoms with Gasteiger partial charge in [0.25, 0.3) is 0 Å². The van der Waals surface area contributed by atoms with E-state index in [0.717, 1.165) is 0 Å². The molecule has 0 atom stereocenters. The number of sulfonamides is 1. The third kappa shape index (κ3) is 2.09. The van der Waals surface area contributed by atoms with Gasteiger partial charge in [-0.1, -0.05) is 23.4 Å². The second-order valence-electron chi connectivity index (χ2n) is 2.73. The minimum atomic E-state index is -3.78. The highest BCUT2D eigenvalue weighted by Crippen LogP contribution is 2.14. The molecule has 6 heteroatoms. The molecule has 0 aliphatic carbocycles. The molecule has 0 heterocycles. The minimum Gasteiger partial charge on any atom is -0.411 e. The lowest BCUT2D eigenvalue weighted by Gasteiger charge is -2.04. The molecule has 0 bridgehead atoms. The summed E-state index contributed by atoms with van der Waals surface area (Å²) in [4.78, 5) is -0.0460. The molecule has 0 fully saturated rings. The average Bonchev–Trinajstić information content (AvgIpc) is 2.15. The molecular weight excluding hydrogens is 204 g/mol. The first kappa shape index (κ1) is 10.7. The number of nitrogens with two attached hydrogens (primary N) is 1. The van der Waals surface area contributed by atoms with Crippen LogP contribution in [0.3, 0.4) is 0 Å². The Hall–Kier alpha value is -1.40. The summed E-state index contributed by atoms with van der Waals surface area (Å²) in [5, 5.41) is 16.4. The molecule has 0 aliphatic rings. The van der Waals surface area contributed by atoms with Crippen molar-refractivity contribution < 1.29 is 13.6 Å². The number of oxime groups is 1. The fourth-order valence-electron chi connectivity index (χ4n) is 1.07. The maximum atomic E-state index is 11.1. The molecule has 5 nitrogen and oxygen atoms in total. The van der Waals surface area contributed by atoms with E-state index >= 15 is 0 Å². The highest BCUT2D eigenvalue weighted by Gasteiger charge is 2.14. The van der Waals surface area contributed by atoms with Gasteiger partial charge in [-0.25, -0.2) is 13.6 Å². The van der Waals surface area contributed by atoms with Crippen molar-refractivity contribution in [2.75, 3.05) is 0 Å². The van der Waals surface area contributed by atoms with Crippen molar-refractivity contribution in [3.05, 3.63) is 29.8 Å². The van der Waals surface area contributed by atoms with Gasteiger partial charge in [-0.3, -0.25) is 0 Å².